The summed E-state index contributed by atoms with van der Waals surface area (Å²) < 4.78 is 86.0. The van der Waals surface area contributed by atoms with Crippen LogP contribution in [0.4, 0.5) is 0 Å². The molecule has 3 aromatic carbocycles. The van der Waals surface area contributed by atoms with Crippen LogP contribution in [0, 0.1) is 0 Å². The molecule has 1 aromatic heterocycles. The van der Waals surface area contributed by atoms with Crippen LogP contribution in [0.1, 0.15) is 13.7 Å². The van der Waals surface area contributed by atoms with Crippen molar-refractivity contribution in [3.8, 4) is 11.1 Å². The Kier molecular flexibility index (Phi) is 1.16. The number of furan rings is 1. The molecule has 0 aliphatic carbocycles. The molecule has 0 fully saturated rings. The standard InChI is InChI=1S/C18H11ClO/c19-15-10-13(12-6-2-1-3-7-12)11-17-18(15)14-8-4-5-9-16(14)20-17/h1-11H/i1D,2D,3D,4D,5D,6D,7D,9D,10D,11D. The predicted octanol–water partition coefficient (Wildman–Crippen LogP) is 5.91. The van der Waals surface area contributed by atoms with Gasteiger partial charge in [0.1, 0.15) is 11.2 Å². The highest BCUT2D eigenvalue weighted by Crippen LogP contribution is 2.37. The van der Waals surface area contributed by atoms with Gasteiger partial charge in [0.2, 0.25) is 0 Å². The zero-order valence-corrected chi connectivity index (χ0v) is 10.6. The maximum absolute atomic E-state index is 8.55. The average Bonchev–Trinajstić information content (AvgIpc) is 3.09. The molecule has 0 amide bonds. The first-order valence-electron chi connectivity index (χ1n) is 10.7. The van der Waals surface area contributed by atoms with Crippen molar-refractivity contribution in [2.75, 3.05) is 0 Å². The van der Waals surface area contributed by atoms with E-state index in [1.165, 1.54) is 6.07 Å². The van der Waals surface area contributed by atoms with Crippen LogP contribution >= 0.6 is 11.6 Å². The lowest BCUT2D eigenvalue weighted by Gasteiger charge is -2.03. The predicted molar refractivity (Wildman–Crippen MR) is 84.2 cm³/mol. The molecular weight excluding hydrogens is 268 g/mol. The molecule has 20 heavy (non-hydrogen) atoms. The Balaban J connectivity index is 2.23. The Labute approximate surface area is 135 Å². The molecule has 0 N–H and O–H groups in total. The smallest absolute Gasteiger partial charge is 0.137 e. The van der Waals surface area contributed by atoms with Crippen molar-refractivity contribution in [2.24, 2.45) is 0 Å². The minimum absolute atomic E-state index is 0.0842. The van der Waals surface area contributed by atoms with Crippen LogP contribution in [0.5, 0.6) is 0 Å². The van der Waals surface area contributed by atoms with Gasteiger partial charge in [-0.05, 0) is 29.3 Å². The van der Waals surface area contributed by atoms with Crippen molar-refractivity contribution >= 4 is 33.5 Å². The molecule has 2 heteroatoms. The fraction of sp³-hybridized carbons (Fsp3) is 0. The third-order valence-electron chi connectivity index (χ3n) is 2.85. The molecule has 0 atom stereocenters. The van der Waals surface area contributed by atoms with Gasteiger partial charge in [0, 0.05) is 10.8 Å². The summed E-state index contributed by atoms with van der Waals surface area (Å²) in [6, 6.07) is -3.62. The van der Waals surface area contributed by atoms with Gasteiger partial charge >= 0.3 is 0 Å². The summed E-state index contributed by atoms with van der Waals surface area (Å²) in [6.07, 6.45) is 0. The zero-order valence-electron chi connectivity index (χ0n) is 19.9. The van der Waals surface area contributed by atoms with Gasteiger partial charge in [-0.1, -0.05) is 60.0 Å². The van der Waals surface area contributed by atoms with E-state index >= 15 is 0 Å². The number of hydrogen-bond acceptors (Lipinski definition) is 1. The Hall–Kier alpha value is -2.25. The van der Waals surface area contributed by atoms with E-state index in [4.69, 9.17) is 29.7 Å². The molecule has 0 aliphatic rings. The maximum atomic E-state index is 8.55. The third kappa shape index (κ3) is 1.71. The van der Waals surface area contributed by atoms with Crippen molar-refractivity contribution in [3.63, 3.8) is 0 Å². The second-order valence-electron chi connectivity index (χ2n) is 4.03. The summed E-state index contributed by atoms with van der Waals surface area (Å²) in [6.45, 7) is 0. The number of benzene rings is 3. The van der Waals surface area contributed by atoms with Gasteiger partial charge in [0.25, 0.3) is 0 Å². The van der Waals surface area contributed by atoms with Crippen LogP contribution in [-0.4, -0.2) is 0 Å². The van der Waals surface area contributed by atoms with Crippen LogP contribution in [0.25, 0.3) is 33.1 Å². The summed E-state index contributed by atoms with van der Waals surface area (Å²) in [5, 5.41) is 0.0773. The average molecular weight is 289 g/mol. The lowest BCUT2D eigenvalue weighted by Crippen LogP contribution is -1.78. The summed E-state index contributed by atoms with van der Waals surface area (Å²) in [4.78, 5) is 0. The lowest BCUT2D eigenvalue weighted by atomic mass is 10.0. The molecule has 4 aromatic rings. The van der Waals surface area contributed by atoms with Gasteiger partial charge < -0.3 is 4.42 Å². The molecule has 0 saturated carbocycles. The van der Waals surface area contributed by atoms with Gasteiger partial charge in [-0.2, -0.15) is 0 Å². The Morgan fingerprint density at radius 1 is 0.850 bits per heavy atom. The number of rotatable bonds is 1. The van der Waals surface area contributed by atoms with E-state index < -0.39 is 42.3 Å². The van der Waals surface area contributed by atoms with E-state index in [1.54, 1.807) is 0 Å². The van der Waals surface area contributed by atoms with Crippen molar-refractivity contribution in [3.05, 3.63) is 71.5 Å². The number of halogens is 1. The maximum Gasteiger partial charge on any atom is 0.137 e. The summed E-state index contributed by atoms with van der Waals surface area (Å²) >= 11 is 6.38. The summed E-state index contributed by atoms with van der Waals surface area (Å²) in [5.41, 5.74) is -0.897. The van der Waals surface area contributed by atoms with E-state index in [0.717, 1.165) is 0 Å². The second kappa shape index (κ2) is 4.39. The van der Waals surface area contributed by atoms with Crippen LogP contribution in [-0.2, 0) is 0 Å². The molecule has 1 nitrogen and oxygen atoms in total. The Bertz CT molecular complexity index is 1380. The lowest BCUT2D eigenvalue weighted by molar-refractivity contribution is 0.669. The number of hydrogen-bond donors (Lipinski definition) is 0. The van der Waals surface area contributed by atoms with Crippen LogP contribution in [0.3, 0.4) is 0 Å². The molecule has 0 radical (unpaired) electrons. The van der Waals surface area contributed by atoms with Gasteiger partial charge in [-0.25, -0.2) is 0 Å². The first-order chi connectivity index (χ1) is 14.0. The van der Waals surface area contributed by atoms with Crippen LogP contribution < -0.4 is 0 Å². The Morgan fingerprint density at radius 3 is 2.50 bits per heavy atom. The van der Waals surface area contributed by atoms with Crippen molar-refractivity contribution in [1.29, 1.82) is 0 Å². The quantitative estimate of drug-likeness (QED) is 0.424. The largest absolute Gasteiger partial charge is 0.456 e. The summed E-state index contributed by atoms with van der Waals surface area (Å²) in [7, 11) is 0. The van der Waals surface area contributed by atoms with E-state index in [-0.39, 0.29) is 56.2 Å². The van der Waals surface area contributed by atoms with Crippen molar-refractivity contribution in [2.45, 2.75) is 0 Å². The molecule has 0 aliphatic heterocycles. The minimum atomic E-state index is -0.614. The topological polar surface area (TPSA) is 13.1 Å². The van der Waals surface area contributed by atoms with Crippen LogP contribution in [0.15, 0.2) is 70.9 Å². The minimum Gasteiger partial charge on any atom is -0.456 e. The molecule has 0 unspecified atom stereocenters. The van der Waals surface area contributed by atoms with Gasteiger partial charge in [-0.15, -0.1) is 0 Å². The molecule has 96 valence electrons. The molecule has 0 bridgehead atoms. The normalized spacial score (nSPS) is 18.2. The zero-order chi connectivity index (χ0) is 22.2. The van der Waals surface area contributed by atoms with Gasteiger partial charge in [-0.3, -0.25) is 0 Å². The fourth-order valence-electron chi connectivity index (χ4n) is 2.00. The highest BCUT2D eigenvalue weighted by Gasteiger charge is 2.11. The molecule has 1 heterocycles. The molecule has 0 saturated heterocycles. The number of para-hydroxylation sites is 1. The summed E-state index contributed by atoms with van der Waals surface area (Å²) in [5.74, 6) is 0. The van der Waals surface area contributed by atoms with Gasteiger partial charge in [0.15, 0.2) is 0 Å². The first kappa shape index (κ1) is 5.27. The van der Waals surface area contributed by atoms with E-state index in [1.807, 2.05) is 0 Å². The van der Waals surface area contributed by atoms with E-state index in [9.17, 15) is 0 Å². The highest BCUT2D eigenvalue weighted by molar-refractivity contribution is 6.38. The monoisotopic (exact) mass is 288 g/mol. The second-order valence-corrected chi connectivity index (χ2v) is 4.40. The van der Waals surface area contributed by atoms with Crippen molar-refractivity contribution in [1.82, 2.24) is 0 Å². The first-order valence-corrected chi connectivity index (χ1v) is 6.05. The van der Waals surface area contributed by atoms with Crippen LogP contribution in [0.2, 0.25) is 5.02 Å². The SMILES string of the molecule is [2H]c1cc2c(oc3c([2H])c(-c4c([2H])c([2H])c([2H])c([2H])c4[2H])c([2H])c(Cl)c32)c([2H])c1[2H]. The molecular formula is C18H11ClO. The van der Waals surface area contributed by atoms with E-state index in [2.05, 4.69) is 0 Å². The number of fused-ring (bicyclic) bond motifs is 3. The third-order valence-corrected chi connectivity index (χ3v) is 3.14. The fourth-order valence-corrected chi connectivity index (χ4v) is 2.28. The Morgan fingerprint density at radius 2 is 1.65 bits per heavy atom. The van der Waals surface area contributed by atoms with E-state index in [0.29, 0.717) is 0 Å². The van der Waals surface area contributed by atoms with Gasteiger partial charge in [0.05, 0.1) is 18.7 Å². The van der Waals surface area contributed by atoms with Crippen molar-refractivity contribution < 1.29 is 18.1 Å². The molecule has 4 rings (SSSR count). The molecule has 0 spiro atoms. The highest BCUT2D eigenvalue weighted by atomic mass is 35.5.